The summed E-state index contributed by atoms with van der Waals surface area (Å²) in [5.41, 5.74) is 1.46. The van der Waals surface area contributed by atoms with E-state index in [1.165, 1.54) is 18.2 Å². The van der Waals surface area contributed by atoms with Gasteiger partial charge >= 0.3 is 0 Å². The molecule has 2 aromatic carbocycles. The van der Waals surface area contributed by atoms with Crippen molar-refractivity contribution in [2.45, 2.75) is 6.61 Å². The second kappa shape index (κ2) is 8.53. The van der Waals surface area contributed by atoms with E-state index in [9.17, 15) is 19.7 Å². The van der Waals surface area contributed by atoms with Gasteiger partial charge in [0.1, 0.15) is 12.4 Å². The SMILES string of the molecule is C=CCN1C(=O)S/C(=C\c2ccc(OCc3cccc([N+](=O)[O-])c3)cc2)C1=O. The summed E-state index contributed by atoms with van der Waals surface area (Å²) < 4.78 is 5.65. The molecule has 0 N–H and O–H groups in total. The van der Waals surface area contributed by atoms with Gasteiger partial charge in [0.15, 0.2) is 0 Å². The molecule has 0 saturated carbocycles. The van der Waals surface area contributed by atoms with Gasteiger partial charge in [-0.2, -0.15) is 0 Å². The third-order valence-electron chi connectivity index (χ3n) is 3.89. The first-order chi connectivity index (χ1) is 13.5. The molecule has 0 unspecified atom stereocenters. The Morgan fingerprint density at radius 2 is 1.93 bits per heavy atom. The summed E-state index contributed by atoms with van der Waals surface area (Å²) in [6.45, 7) is 3.93. The van der Waals surface area contributed by atoms with Gasteiger partial charge in [-0.05, 0) is 41.1 Å². The van der Waals surface area contributed by atoms with Crippen LogP contribution < -0.4 is 4.74 Å². The van der Waals surface area contributed by atoms with E-state index >= 15 is 0 Å². The van der Waals surface area contributed by atoms with Crippen LogP contribution in [0.25, 0.3) is 6.08 Å². The number of carbonyl (C=O) groups excluding carboxylic acids is 2. The lowest BCUT2D eigenvalue weighted by Gasteiger charge is -2.08. The lowest BCUT2D eigenvalue weighted by Crippen LogP contribution is -2.27. The van der Waals surface area contributed by atoms with Crippen molar-refractivity contribution in [2.75, 3.05) is 6.54 Å². The standard InChI is InChI=1S/C20H16N2O5S/c1-2-10-21-19(23)18(28-20(21)24)12-14-6-8-17(9-7-14)27-13-15-4-3-5-16(11-15)22(25)26/h2-9,11-12H,1,10,13H2/b18-12-. The fraction of sp³-hybridized carbons (Fsp3) is 0.100. The Hall–Kier alpha value is -3.39. The number of non-ortho nitro benzene ring substituents is 1. The largest absolute Gasteiger partial charge is 0.489 e. The van der Waals surface area contributed by atoms with E-state index in [2.05, 4.69) is 6.58 Å². The molecule has 28 heavy (non-hydrogen) atoms. The molecule has 0 bridgehead atoms. The molecule has 0 aliphatic carbocycles. The van der Waals surface area contributed by atoms with E-state index in [-0.39, 0.29) is 30.0 Å². The Morgan fingerprint density at radius 1 is 1.18 bits per heavy atom. The smallest absolute Gasteiger partial charge is 0.293 e. The maximum Gasteiger partial charge on any atom is 0.293 e. The van der Waals surface area contributed by atoms with Crippen molar-refractivity contribution in [3.05, 3.63) is 87.3 Å². The van der Waals surface area contributed by atoms with Crippen molar-refractivity contribution >= 4 is 34.7 Å². The summed E-state index contributed by atoms with van der Waals surface area (Å²) in [4.78, 5) is 35.9. The highest BCUT2D eigenvalue weighted by atomic mass is 32.2. The van der Waals surface area contributed by atoms with Gasteiger partial charge in [-0.1, -0.05) is 30.3 Å². The Labute approximate surface area is 165 Å². The van der Waals surface area contributed by atoms with E-state index in [1.807, 2.05) is 0 Å². The van der Waals surface area contributed by atoms with Crippen LogP contribution in [0.5, 0.6) is 5.75 Å². The highest BCUT2D eigenvalue weighted by Gasteiger charge is 2.33. The summed E-state index contributed by atoms with van der Waals surface area (Å²) in [5.74, 6) is 0.254. The summed E-state index contributed by atoms with van der Waals surface area (Å²) >= 11 is 0.896. The van der Waals surface area contributed by atoms with Gasteiger partial charge in [0, 0.05) is 18.7 Å². The molecule has 142 valence electrons. The van der Waals surface area contributed by atoms with Crippen molar-refractivity contribution in [3.63, 3.8) is 0 Å². The minimum atomic E-state index is -0.449. The minimum Gasteiger partial charge on any atom is -0.489 e. The molecule has 3 rings (SSSR count). The number of nitro groups is 1. The van der Waals surface area contributed by atoms with E-state index in [4.69, 9.17) is 4.74 Å². The van der Waals surface area contributed by atoms with Crippen LogP contribution in [0.15, 0.2) is 66.1 Å². The highest BCUT2D eigenvalue weighted by Crippen LogP contribution is 2.32. The number of nitro benzene ring substituents is 1. The quantitative estimate of drug-likeness (QED) is 0.298. The molecule has 8 heteroatoms. The van der Waals surface area contributed by atoms with E-state index in [1.54, 1.807) is 42.5 Å². The summed E-state index contributed by atoms with van der Waals surface area (Å²) in [6.07, 6.45) is 3.16. The number of amides is 2. The third-order valence-corrected chi connectivity index (χ3v) is 4.80. The number of nitrogens with zero attached hydrogens (tertiary/aromatic N) is 2. The van der Waals surface area contributed by atoms with E-state index < -0.39 is 4.92 Å². The summed E-state index contributed by atoms with van der Waals surface area (Å²) in [7, 11) is 0. The lowest BCUT2D eigenvalue weighted by molar-refractivity contribution is -0.384. The van der Waals surface area contributed by atoms with Gasteiger partial charge in [0.25, 0.3) is 16.8 Å². The van der Waals surface area contributed by atoms with Crippen LogP contribution in [-0.2, 0) is 11.4 Å². The Bertz CT molecular complexity index is 969. The number of rotatable bonds is 7. The zero-order valence-corrected chi connectivity index (χ0v) is 15.6. The average molecular weight is 396 g/mol. The maximum absolute atomic E-state index is 12.2. The van der Waals surface area contributed by atoms with Crippen molar-refractivity contribution < 1.29 is 19.2 Å². The highest BCUT2D eigenvalue weighted by molar-refractivity contribution is 8.18. The zero-order chi connectivity index (χ0) is 20.1. The van der Waals surface area contributed by atoms with Crippen LogP contribution in [0.3, 0.4) is 0 Å². The average Bonchev–Trinajstić information content (AvgIpc) is 2.95. The van der Waals surface area contributed by atoms with Crippen molar-refractivity contribution in [3.8, 4) is 5.75 Å². The lowest BCUT2D eigenvalue weighted by atomic mass is 10.2. The molecule has 1 aliphatic heterocycles. The zero-order valence-electron chi connectivity index (χ0n) is 14.7. The van der Waals surface area contributed by atoms with E-state index in [0.29, 0.717) is 16.2 Å². The molecule has 0 atom stereocenters. The van der Waals surface area contributed by atoms with Gasteiger partial charge in [-0.15, -0.1) is 6.58 Å². The molecular formula is C20H16N2O5S. The Kier molecular flexibility index (Phi) is 5.90. The monoisotopic (exact) mass is 396 g/mol. The van der Waals surface area contributed by atoms with Crippen molar-refractivity contribution in [1.29, 1.82) is 0 Å². The molecule has 0 spiro atoms. The molecule has 1 saturated heterocycles. The van der Waals surface area contributed by atoms with Crippen molar-refractivity contribution in [1.82, 2.24) is 4.90 Å². The predicted octanol–water partition coefficient (Wildman–Crippen LogP) is 4.40. The van der Waals surface area contributed by atoms with E-state index in [0.717, 1.165) is 22.2 Å². The summed E-state index contributed by atoms with van der Waals surface area (Å²) in [5, 5.41) is 10.5. The van der Waals surface area contributed by atoms with Crippen LogP contribution in [0.4, 0.5) is 10.5 Å². The molecular weight excluding hydrogens is 380 g/mol. The number of imide groups is 1. The fourth-order valence-corrected chi connectivity index (χ4v) is 3.37. The molecule has 0 radical (unpaired) electrons. The molecule has 2 amide bonds. The number of hydrogen-bond donors (Lipinski definition) is 0. The Morgan fingerprint density at radius 3 is 2.61 bits per heavy atom. The van der Waals surface area contributed by atoms with Crippen LogP contribution in [0.1, 0.15) is 11.1 Å². The second-order valence-corrected chi connectivity index (χ2v) is 6.86. The molecule has 7 nitrogen and oxygen atoms in total. The number of ether oxygens (including phenoxy) is 1. The van der Waals surface area contributed by atoms with Crippen LogP contribution >= 0.6 is 11.8 Å². The number of carbonyl (C=O) groups is 2. The number of thioether (sulfide) groups is 1. The summed E-state index contributed by atoms with van der Waals surface area (Å²) in [6, 6.07) is 13.3. The van der Waals surface area contributed by atoms with Crippen LogP contribution in [0, 0.1) is 10.1 Å². The fourth-order valence-electron chi connectivity index (χ4n) is 2.52. The van der Waals surface area contributed by atoms with Gasteiger partial charge in [-0.25, -0.2) is 0 Å². The topological polar surface area (TPSA) is 89.8 Å². The second-order valence-electron chi connectivity index (χ2n) is 5.87. The van der Waals surface area contributed by atoms with Crippen LogP contribution in [0.2, 0.25) is 0 Å². The normalized spacial score (nSPS) is 15.1. The molecule has 1 heterocycles. The first-order valence-electron chi connectivity index (χ1n) is 8.30. The number of benzene rings is 2. The number of hydrogen-bond acceptors (Lipinski definition) is 6. The maximum atomic E-state index is 12.2. The minimum absolute atomic E-state index is 0.0156. The van der Waals surface area contributed by atoms with Gasteiger partial charge in [-0.3, -0.25) is 24.6 Å². The predicted molar refractivity (Wildman–Crippen MR) is 107 cm³/mol. The van der Waals surface area contributed by atoms with Gasteiger partial charge in [0.05, 0.1) is 9.83 Å². The van der Waals surface area contributed by atoms with Gasteiger partial charge < -0.3 is 4.74 Å². The molecule has 1 aliphatic rings. The molecule has 1 fully saturated rings. The third kappa shape index (κ3) is 4.47. The Balaban J connectivity index is 1.65. The van der Waals surface area contributed by atoms with Gasteiger partial charge in [0.2, 0.25) is 0 Å². The first kappa shape index (κ1) is 19.4. The van der Waals surface area contributed by atoms with Crippen molar-refractivity contribution in [2.24, 2.45) is 0 Å². The molecule has 0 aromatic heterocycles. The first-order valence-corrected chi connectivity index (χ1v) is 9.12. The van der Waals surface area contributed by atoms with Crippen LogP contribution in [-0.4, -0.2) is 27.5 Å². The molecule has 2 aromatic rings.